The number of amidine groups is 1. The summed E-state index contributed by atoms with van der Waals surface area (Å²) in [4.78, 5) is 38.2. The Morgan fingerprint density at radius 2 is 1.89 bits per heavy atom. The largest absolute Gasteiger partial charge is 0.357 e. The molecule has 1 saturated heterocycles. The summed E-state index contributed by atoms with van der Waals surface area (Å²) in [5.74, 6) is 1.40. The number of piperazine rings is 1. The van der Waals surface area contributed by atoms with Crippen molar-refractivity contribution in [3.63, 3.8) is 0 Å². The van der Waals surface area contributed by atoms with Crippen molar-refractivity contribution in [1.82, 2.24) is 14.8 Å². The number of hydrogen-bond acceptors (Lipinski definition) is 6. The Kier molecular flexibility index (Phi) is 5.43. The number of hydrogen-bond donors (Lipinski definition) is 0. The summed E-state index contributed by atoms with van der Waals surface area (Å²) in [5, 5.41) is 0. The highest BCUT2D eigenvalue weighted by atomic mass is 16.1. The maximum Gasteiger partial charge on any atom is 0.168 e. The smallest absolute Gasteiger partial charge is 0.168 e. The minimum Gasteiger partial charge on any atom is -0.357 e. The van der Waals surface area contributed by atoms with Crippen molar-refractivity contribution in [2.75, 3.05) is 32.7 Å². The Balaban J connectivity index is 1.30. The first-order valence-corrected chi connectivity index (χ1v) is 9.91. The molecule has 0 radical (unpaired) electrons. The van der Waals surface area contributed by atoms with Crippen LogP contribution < -0.4 is 0 Å². The average molecular weight is 366 g/mol. The zero-order chi connectivity index (χ0) is 18.6. The van der Waals surface area contributed by atoms with Crippen LogP contribution in [0.3, 0.4) is 0 Å². The molecule has 6 heteroatoms. The molecule has 3 aliphatic rings. The average Bonchev–Trinajstić information content (AvgIpc) is 2.69. The Morgan fingerprint density at radius 3 is 2.67 bits per heavy atom. The summed E-state index contributed by atoms with van der Waals surface area (Å²) in [6.07, 6.45) is 6.64. The summed E-state index contributed by atoms with van der Waals surface area (Å²) in [6.45, 7) is 3.77. The number of carbonyl (C=O) groups is 2. The molecular weight excluding hydrogens is 340 g/mol. The van der Waals surface area contributed by atoms with Crippen LogP contribution in [-0.4, -0.2) is 64.9 Å². The van der Waals surface area contributed by atoms with Gasteiger partial charge in [-0.1, -0.05) is 6.07 Å². The van der Waals surface area contributed by atoms with E-state index in [0.29, 0.717) is 19.4 Å². The van der Waals surface area contributed by atoms with Gasteiger partial charge in [-0.05, 0) is 37.8 Å². The number of allylic oxidation sites excluding steroid dienone is 2. The van der Waals surface area contributed by atoms with Crippen molar-refractivity contribution in [3.05, 3.63) is 41.4 Å². The Hall–Kier alpha value is -2.34. The fourth-order valence-corrected chi connectivity index (χ4v) is 4.12. The number of pyridine rings is 1. The normalized spacial score (nSPS) is 21.1. The minimum absolute atomic E-state index is 0.198. The van der Waals surface area contributed by atoms with Gasteiger partial charge in [0.15, 0.2) is 11.6 Å². The van der Waals surface area contributed by atoms with Crippen molar-refractivity contribution >= 4 is 17.4 Å². The van der Waals surface area contributed by atoms with Crippen LogP contribution in [-0.2, 0) is 16.0 Å². The van der Waals surface area contributed by atoms with Gasteiger partial charge in [-0.15, -0.1) is 0 Å². The van der Waals surface area contributed by atoms with E-state index in [4.69, 9.17) is 4.99 Å². The maximum atomic E-state index is 12.4. The van der Waals surface area contributed by atoms with Gasteiger partial charge in [0.05, 0.1) is 19.4 Å². The van der Waals surface area contributed by atoms with Gasteiger partial charge in [-0.2, -0.15) is 0 Å². The fourth-order valence-electron chi connectivity index (χ4n) is 4.12. The van der Waals surface area contributed by atoms with Crippen LogP contribution in [0.25, 0.3) is 0 Å². The quantitative estimate of drug-likeness (QED) is 0.816. The number of nitrogens with zero attached hydrogens (tertiary/aromatic N) is 4. The first kappa shape index (κ1) is 18.0. The van der Waals surface area contributed by atoms with Gasteiger partial charge >= 0.3 is 0 Å². The molecule has 0 bridgehead atoms. The highest BCUT2D eigenvalue weighted by Gasteiger charge is 2.29. The molecule has 6 nitrogen and oxygen atoms in total. The molecule has 0 unspecified atom stereocenters. The molecule has 1 aromatic rings. The van der Waals surface area contributed by atoms with Crippen LogP contribution in [0.15, 0.2) is 40.7 Å². The van der Waals surface area contributed by atoms with E-state index in [0.717, 1.165) is 74.7 Å². The number of ketones is 2. The molecule has 0 spiro atoms. The number of rotatable bonds is 4. The van der Waals surface area contributed by atoms with E-state index in [2.05, 4.69) is 14.8 Å². The zero-order valence-electron chi connectivity index (χ0n) is 15.7. The van der Waals surface area contributed by atoms with Gasteiger partial charge in [0.25, 0.3) is 0 Å². The van der Waals surface area contributed by atoms with Crippen molar-refractivity contribution in [3.8, 4) is 0 Å². The van der Waals surface area contributed by atoms with E-state index in [9.17, 15) is 9.59 Å². The summed E-state index contributed by atoms with van der Waals surface area (Å²) in [6, 6.07) is 5.66. The highest BCUT2D eigenvalue weighted by Crippen LogP contribution is 2.30. The van der Waals surface area contributed by atoms with Gasteiger partial charge in [-0.3, -0.25) is 19.5 Å². The van der Waals surface area contributed by atoms with Gasteiger partial charge in [0.2, 0.25) is 0 Å². The summed E-state index contributed by atoms with van der Waals surface area (Å²) in [5.41, 5.74) is 2.83. The molecular formula is C21H26N4O2. The molecule has 2 aliphatic heterocycles. The lowest BCUT2D eigenvalue weighted by Crippen LogP contribution is -2.50. The summed E-state index contributed by atoms with van der Waals surface area (Å²) >= 11 is 0. The van der Waals surface area contributed by atoms with Crippen LogP contribution in [0, 0.1) is 0 Å². The number of Topliss-reactive ketones (excluding diaryl/α,β-unsaturated/α-hetero) is 2. The summed E-state index contributed by atoms with van der Waals surface area (Å²) in [7, 11) is 0. The van der Waals surface area contributed by atoms with Crippen LogP contribution in [0.5, 0.6) is 0 Å². The molecule has 1 aliphatic carbocycles. The first-order valence-electron chi connectivity index (χ1n) is 9.91. The molecule has 4 rings (SSSR count). The van der Waals surface area contributed by atoms with E-state index in [1.165, 1.54) is 0 Å². The van der Waals surface area contributed by atoms with Gasteiger partial charge < -0.3 is 4.90 Å². The van der Waals surface area contributed by atoms with Crippen LogP contribution in [0.4, 0.5) is 0 Å². The predicted molar refractivity (Wildman–Crippen MR) is 104 cm³/mol. The standard InChI is InChI=1S/C21H26N4O2/c26-17(13-16-5-3-4-8-22-16)15-24-9-11-25(12-10-24)21-14-20(27)18-6-1-2-7-19(18)23-21/h3-5,8H,1-2,6-7,9-15H2. The SMILES string of the molecule is O=C(Cc1ccccn1)CN1CCN(C2=NC3=C(CCCC3)C(=O)C2)CC1. The molecule has 0 amide bonds. The fraction of sp³-hybridized carbons (Fsp3) is 0.524. The van der Waals surface area contributed by atoms with Crippen LogP contribution in [0.1, 0.15) is 37.8 Å². The summed E-state index contributed by atoms with van der Waals surface area (Å²) < 4.78 is 0. The third kappa shape index (κ3) is 4.33. The van der Waals surface area contributed by atoms with Gasteiger partial charge in [0, 0.05) is 49.3 Å². The van der Waals surface area contributed by atoms with E-state index in [1.807, 2.05) is 18.2 Å². The van der Waals surface area contributed by atoms with Crippen molar-refractivity contribution < 1.29 is 9.59 Å². The molecule has 0 atom stereocenters. The number of aliphatic imine (C=N–C) groups is 1. The van der Waals surface area contributed by atoms with E-state index in [1.54, 1.807) is 6.20 Å². The highest BCUT2D eigenvalue weighted by molar-refractivity contribution is 6.11. The number of aromatic nitrogens is 1. The molecule has 27 heavy (non-hydrogen) atoms. The maximum absolute atomic E-state index is 12.4. The molecule has 0 N–H and O–H groups in total. The second-order valence-corrected chi connectivity index (χ2v) is 7.56. The number of carbonyl (C=O) groups excluding carboxylic acids is 2. The second kappa shape index (κ2) is 8.13. The third-order valence-electron chi connectivity index (χ3n) is 5.60. The van der Waals surface area contributed by atoms with E-state index in [-0.39, 0.29) is 11.6 Å². The Labute approximate surface area is 160 Å². The molecule has 1 fully saturated rings. The van der Waals surface area contributed by atoms with Gasteiger partial charge in [-0.25, -0.2) is 4.99 Å². The van der Waals surface area contributed by atoms with Crippen molar-refractivity contribution in [1.29, 1.82) is 0 Å². The van der Waals surface area contributed by atoms with Crippen molar-refractivity contribution in [2.45, 2.75) is 38.5 Å². The topological polar surface area (TPSA) is 65.9 Å². The van der Waals surface area contributed by atoms with Crippen LogP contribution in [0.2, 0.25) is 0 Å². The third-order valence-corrected chi connectivity index (χ3v) is 5.60. The van der Waals surface area contributed by atoms with Gasteiger partial charge in [0.1, 0.15) is 5.84 Å². The molecule has 142 valence electrons. The second-order valence-electron chi connectivity index (χ2n) is 7.56. The van der Waals surface area contributed by atoms with Crippen molar-refractivity contribution in [2.24, 2.45) is 4.99 Å². The minimum atomic E-state index is 0.198. The monoisotopic (exact) mass is 366 g/mol. The first-order chi connectivity index (χ1) is 13.2. The Morgan fingerprint density at radius 1 is 1.07 bits per heavy atom. The molecule has 1 aromatic heterocycles. The Bertz CT molecular complexity index is 777. The molecule has 0 saturated carbocycles. The lowest BCUT2D eigenvalue weighted by Gasteiger charge is -2.37. The molecule has 3 heterocycles. The van der Waals surface area contributed by atoms with E-state index >= 15 is 0 Å². The zero-order valence-corrected chi connectivity index (χ0v) is 15.7. The molecule has 0 aromatic carbocycles. The lowest BCUT2D eigenvalue weighted by molar-refractivity contribution is -0.120. The van der Waals surface area contributed by atoms with E-state index < -0.39 is 0 Å². The predicted octanol–water partition coefficient (Wildman–Crippen LogP) is 2.01. The van der Waals surface area contributed by atoms with Crippen LogP contribution >= 0.6 is 0 Å². The lowest BCUT2D eigenvalue weighted by atomic mass is 9.90.